The highest BCUT2D eigenvalue weighted by Gasteiger charge is 2.28. The molecule has 4 rings (SSSR count). The third-order valence-corrected chi connectivity index (χ3v) is 5.66. The second-order valence-electron chi connectivity index (χ2n) is 8.11. The van der Waals surface area contributed by atoms with Crippen molar-refractivity contribution >= 4 is 11.7 Å². The molecule has 1 aliphatic rings. The van der Waals surface area contributed by atoms with E-state index in [1.165, 1.54) is 10.7 Å². The number of aliphatic hydroxyl groups is 1. The quantitative estimate of drug-likeness (QED) is 0.474. The first kappa shape index (κ1) is 24.5. The van der Waals surface area contributed by atoms with Gasteiger partial charge in [0, 0.05) is 31.5 Å². The molecule has 3 heterocycles. The number of anilines is 1. The third kappa shape index (κ3) is 6.08. The lowest BCUT2D eigenvalue weighted by Gasteiger charge is -2.26. The summed E-state index contributed by atoms with van der Waals surface area (Å²) < 4.78 is 40.9. The number of rotatable bonds is 9. The van der Waals surface area contributed by atoms with Crippen LogP contribution in [-0.4, -0.2) is 50.4 Å². The summed E-state index contributed by atoms with van der Waals surface area (Å²) in [6.45, 7) is 1.29. The number of aliphatic hydroxyl groups excluding tert-OH is 1. The molecule has 186 valence electrons. The maximum absolute atomic E-state index is 13.9. The number of hydrogen-bond acceptors (Lipinski definition) is 7. The average molecular weight is 489 g/mol. The Hall–Kier alpha value is -3.64. The lowest BCUT2D eigenvalue weighted by molar-refractivity contribution is -0.120. The molecule has 0 saturated carbocycles. The topological polar surface area (TPSA) is 120 Å². The number of halogens is 2. The summed E-state index contributed by atoms with van der Waals surface area (Å²) in [4.78, 5) is 26.1. The van der Waals surface area contributed by atoms with Crippen LogP contribution in [-0.2, 0) is 16.1 Å². The second kappa shape index (κ2) is 11.2. The molecule has 0 aliphatic carbocycles. The summed E-state index contributed by atoms with van der Waals surface area (Å²) in [5.74, 6) is -2.76. The van der Waals surface area contributed by atoms with Gasteiger partial charge in [0.2, 0.25) is 0 Å². The van der Waals surface area contributed by atoms with Gasteiger partial charge in [0.25, 0.3) is 11.5 Å². The molecule has 10 nitrogen and oxygen atoms in total. The SMILES string of the molecule is O=C(Nc1ccn(CCO)n1)[C@H](CC1CCOCC1)n1ncc(Oc2c(F)cccc2F)cc1=O. The van der Waals surface area contributed by atoms with Crippen LogP contribution < -0.4 is 15.6 Å². The van der Waals surface area contributed by atoms with E-state index in [2.05, 4.69) is 15.5 Å². The van der Waals surface area contributed by atoms with Crippen LogP contribution in [0.25, 0.3) is 0 Å². The minimum Gasteiger partial charge on any atom is -0.449 e. The largest absolute Gasteiger partial charge is 0.449 e. The summed E-state index contributed by atoms with van der Waals surface area (Å²) in [7, 11) is 0. The van der Waals surface area contributed by atoms with Gasteiger partial charge in [-0.15, -0.1) is 0 Å². The number of amides is 1. The Morgan fingerprint density at radius 1 is 1.26 bits per heavy atom. The first-order valence-corrected chi connectivity index (χ1v) is 11.2. The van der Waals surface area contributed by atoms with Crippen LogP contribution in [0.4, 0.5) is 14.6 Å². The minimum atomic E-state index is -0.965. The fraction of sp³-hybridized carbons (Fsp3) is 0.391. The second-order valence-corrected chi connectivity index (χ2v) is 8.11. The molecule has 0 radical (unpaired) electrons. The Morgan fingerprint density at radius 2 is 2.00 bits per heavy atom. The smallest absolute Gasteiger partial charge is 0.271 e. The van der Waals surface area contributed by atoms with E-state index in [1.807, 2.05) is 0 Å². The van der Waals surface area contributed by atoms with Gasteiger partial charge in [0.05, 0.1) is 19.3 Å². The van der Waals surface area contributed by atoms with Crippen molar-refractivity contribution < 1.29 is 28.2 Å². The lowest BCUT2D eigenvalue weighted by Crippen LogP contribution is -2.36. The number of carbonyl (C=O) groups is 1. The molecular weight excluding hydrogens is 464 g/mol. The van der Waals surface area contributed by atoms with E-state index in [-0.39, 0.29) is 30.6 Å². The molecule has 12 heteroatoms. The van der Waals surface area contributed by atoms with Gasteiger partial charge in [-0.3, -0.25) is 14.3 Å². The summed E-state index contributed by atoms with van der Waals surface area (Å²) in [6.07, 6.45) is 4.54. The highest BCUT2D eigenvalue weighted by molar-refractivity contribution is 5.92. The van der Waals surface area contributed by atoms with Crippen molar-refractivity contribution in [3.8, 4) is 11.5 Å². The Bertz CT molecular complexity index is 1200. The Morgan fingerprint density at radius 3 is 2.69 bits per heavy atom. The zero-order valence-electron chi connectivity index (χ0n) is 18.8. The molecule has 2 N–H and O–H groups in total. The van der Waals surface area contributed by atoms with Gasteiger partial charge in [-0.2, -0.15) is 10.2 Å². The van der Waals surface area contributed by atoms with Crippen molar-refractivity contribution in [2.45, 2.75) is 31.8 Å². The van der Waals surface area contributed by atoms with Gasteiger partial charge in [-0.05, 0) is 37.3 Å². The normalized spacial score (nSPS) is 15.1. The zero-order chi connectivity index (χ0) is 24.8. The van der Waals surface area contributed by atoms with Crippen molar-refractivity contribution in [2.75, 3.05) is 25.1 Å². The van der Waals surface area contributed by atoms with Gasteiger partial charge < -0.3 is 19.9 Å². The molecule has 1 fully saturated rings. The van der Waals surface area contributed by atoms with E-state index in [0.717, 1.165) is 41.9 Å². The molecule has 0 bridgehead atoms. The highest BCUT2D eigenvalue weighted by atomic mass is 19.1. The van der Waals surface area contributed by atoms with Crippen LogP contribution in [0.1, 0.15) is 25.3 Å². The van der Waals surface area contributed by atoms with Crippen LogP contribution in [0.3, 0.4) is 0 Å². The van der Waals surface area contributed by atoms with Crippen molar-refractivity contribution in [1.82, 2.24) is 19.6 Å². The monoisotopic (exact) mass is 489 g/mol. The Labute approximate surface area is 199 Å². The molecule has 1 atom stereocenters. The average Bonchev–Trinajstić information content (AvgIpc) is 3.28. The molecular formula is C23H25F2N5O5. The van der Waals surface area contributed by atoms with E-state index in [4.69, 9.17) is 14.6 Å². The molecule has 0 spiro atoms. The van der Waals surface area contributed by atoms with Crippen LogP contribution in [0.5, 0.6) is 11.5 Å². The predicted molar refractivity (Wildman–Crippen MR) is 120 cm³/mol. The summed E-state index contributed by atoms with van der Waals surface area (Å²) in [5, 5.41) is 20.0. The van der Waals surface area contributed by atoms with Gasteiger partial charge >= 0.3 is 0 Å². The molecule has 35 heavy (non-hydrogen) atoms. The number of hydrogen-bond donors (Lipinski definition) is 2. The number of ether oxygens (including phenoxy) is 2. The number of nitrogens with one attached hydrogen (secondary N) is 1. The first-order valence-electron chi connectivity index (χ1n) is 11.2. The number of para-hydroxylation sites is 1. The zero-order valence-corrected chi connectivity index (χ0v) is 18.8. The van der Waals surface area contributed by atoms with Crippen LogP contribution in [0, 0.1) is 17.6 Å². The van der Waals surface area contributed by atoms with E-state index >= 15 is 0 Å². The minimum absolute atomic E-state index is 0.105. The van der Waals surface area contributed by atoms with Gasteiger partial charge in [-0.25, -0.2) is 13.5 Å². The van der Waals surface area contributed by atoms with Crippen molar-refractivity contribution in [3.63, 3.8) is 0 Å². The number of carbonyl (C=O) groups excluding carboxylic acids is 1. The predicted octanol–water partition coefficient (Wildman–Crippen LogP) is 2.50. The number of aromatic nitrogens is 4. The third-order valence-electron chi connectivity index (χ3n) is 5.66. The Kier molecular flexibility index (Phi) is 7.83. The molecule has 2 aromatic heterocycles. The van der Waals surface area contributed by atoms with Crippen molar-refractivity contribution in [3.05, 3.63) is 64.7 Å². The summed E-state index contributed by atoms with van der Waals surface area (Å²) in [6, 6.07) is 4.90. The van der Waals surface area contributed by atoms with Gasteiger partial charge in [-0.1, -0.05) is 6.07 Å². The molecule has 1 saturated heterocycles. The molecule has 1 aromatic carbocycles. The molecule has 1 aliphatic heterocycles. The van der Waals surface area contributed by atoms with Crippen molar-refractivity contribution in [2.24, 2.45) is 5.92 Å². The summed E-state index contributed by atoms with van der Waals surface area (Å²) in [5.41, 5.74) is -0.669. The van der Waals surface area contributed by atoms with Crippen LogP contribution in [0.2, 0.25) is 0 Å². The fourth-order valence-electron chi connectivity index (χ4n) is 3.87. The highest BCUT2D eigenvalue weighted by Crippen LogP contribution is 2.28. The maximum Gasteiger partial charge on any atom is 0.271 e. The van der Waals surface area contributed by atoms with Gasteiger partial charge in [0.1, 0.15) is 6.04 Å². The van der Waals surface area contributed by atoms with Crippen LogP contribution >= 0.6 is 0 Å². The maximum atomic E-state index is 13.9. The van der Waals surface area contributed by atoms with Crippen molar-refractivity contribution in [1.29, 1.82) is 0 Å². The van der Waals surface area contributed by atoms with Crippen LogP contribution in [0.15, 0.2) is 47.5 Å². The summed E-state index contributed by atoms with van der Waals surface area (Å²) >= 11 is 0. The number of benzene rings is 1. The van der Waals surface area contributed by atoms with E-state index in [1.54, 1.807) is 12.3 Å². The molecule has 3 aromatic rings. The van der Waals surface area contributed by atoms with E-state index in [0.29, 0.717) is 19.6 Å². The molecule has 1 amide bonds. The number of nitrogens with zero attached hydrogens (tertiary/aromatic N) is 4. The standard InChI is InChI=1S/C23H25F2N5O5/c24-17-2-1-3-18(25)22(17)35-16-13-21(32)30(26-14-16)19(12-15-5-10-34-11-6-15)23(33)27-20-4-7-29(28-20)8-9-31/h1-4,7,13-15,19,31H,5-6,8-12H2,(H,27,28,33)/t19-/m0/s1. The van der Waals surface area contributed by atoms with E-state index in [9.17, 15) is 18.4 Å². The van der Waals surface area contributed by atoms with E-state index < -0.39 is 34.9 Å². The first-order chi connectivity index (χ1) is 16.9. The Balaban J connectivity index is 1.57. The lowest BCUT2D eigenvalue weighted by atomic mass is 9.92. The fourth-order valence-corrected chi connectivity index (χ4v) is 3.87. The van der Waals surface area contributed by atoms with Gasteiger partial charge in [0.15, 0.2) is 29.0 Å². The molecule has 0 unspecified atom stereocenters.